The van der Waals surface area contributed by atoms with E-state index < -0.39 is 0 Å². The highest BCUT2D eigenvalue weighted by Gasteiger charge is 2.14. The highest BCUT2D eigenvalue weighted by Crippen LogP contribution is 2.16. The summed E-state index contributed by atoms with van der Waals surface area (Å²) in [5, 5.41) is 7.63. The zero-order valence-electron chi connectivity index (χ0n) is 9.06. The van der Waals surface area contributed by atoms with Gasteiger partial charge in [-0.15, -0.1) is 12.4 Å². The van der Waals surface area contributed by atoms with Crippen molar-refractivity contribution in [3.05, 3.63) is 35.9 Å². The molecule has 1 aromatic carbocycles. The van der Waals surface area contributed by atoms with E-state index in [4.69, 9.17) is 0 Å². The molecule has 2 heterocycles. The molecule has 4 nitrogen and oxygen atoms in total. The van der Waals surface area contributed by atoms with Crippen LogP contribution in [0, 0.1) is 5.82 Å². The largest absolute Gasteiger partial charge is 0.308 e. The molecule has 6 heteroatoms. The van der Waals surface area contributed by atoms with Gasteiger partial charge < -0.3 is 5.32 Å². The van der Waals surface area contributed by atoms with Crippen LogP contribution < -0.4 is 5.32 Å². The summed E-state index contributed by atoms with van der Waals surface area (Å²) in [6, 6.07) is 6.25. The van der Waals surface area contributed by atoms with Gasteiger partial charge in [0.15, 0.2) is 5.82 Å². The third-order valence-corrected chi connectivity index (χ3v) is 2.63. The Balaban J connectivity index is 0.00000108. The molecule has 17 heavy (non-hydrogen) atoms. The van der Waals surface area contributed by atoms with E-state index in [1.54, 1.807) is 12.1 Å². The van der Waals surface area contributed by atoms with Crippen molar-refractivity contribution in [3.63, 3.8) is 0 Å². The van der Waals surface area contributed by atoms with E-state index in [2.05, 4.69) is 15.4 Å². The number of nitrogens with zero attached hydrogens (tertiary/aromatic N) is 3. The molecule has 0 unspecified atom stereocenters. The van der Waals surface area contributed by atoms with Gasteiger partial charge in [0.05, 0.1) is 13.1 Å². The minimum Gasteiger partial charge on any atom is -0.308 e. The summed E-state index contributed by atoms with van der Waals surface area (Å²) in [5.74, 6) is 1.36. The highest BCUT2D eigenvalue weighted by atomic mass is 35.5. The molecule has 0 saturated heterocycles. The standard InChI is InChI=1S/C11H11FN4.ClH/c12-9-3-1-8(2-4-9)11-14-10-7-13-5-6-16(10)15-11;/h1-4,13H,5-7H2;1H. The predicted molar refractivity (Wildman–Crippen MR) is 64.4 cm³/mol. The molecule has 1 aliphatic rings. The first kappa shape index (κ1) is 12.0. The molecular formula is C11H12ClFN4. The molecule has 0 amide bonds. The van der Waals surface area contributed by atoms with Crippen molar-refractivity contribution in [1.29, 1.82) is 0 Å². The first-order valence-corrected chi connectivity index (χ1v) is 5.23. The van der Waals surface area contributed by atoms with Crippen LogP contribution in [-0.2, 0) is 13.1 Å². The van der Waals surface area contributed by atoms with E-state index >= 15 is 0 Å². The van der Waals surface area contributed by atoms with Crippen LogP contribution in [-0.4, -0.2) is 21.3 Å². The van der Waals surface area contributed by atoms with Crippen LogP contribution in [0.2, 0.25) is 0 Å². The molecule has 2 aromatic rings. The second-order valence-electron chi connectivity index (χ2n) is 3.76. The molecule has 3 rings (SSSR count). The first-order chi connectivity index (χ1) is 7.83. The van der Waals surface area contributed by atoms with Gasteiger partial charge in [0, 0.05) is 12.1 Å². The monoisotopic (exact) mass is 254 g/mol. The Morgan fingerprint density at radius 1 is 1.24 bits per heavy atom. The molecule has 0 atom stereocenters. The molecule has 0 saturated carbocycles. The van der Waals surface area contributed by atoms with Crippen LogP contribution in [0.25, 0.3) is 11.4 Å². The van der Waals surface area contributed by atoms with Gasteiger partial charge in [-0.25, -0.2) is 14.1 Å². The molecule has 0 fully saturated rings. The van der Waals surface area contributed by atoms with Gasteiger partial charge in [-0.2, -0.15) is 5.10 Å². The lowest BCUT2D eigenvalue weighted by molar-refractivity contribution is 0.469. The molecule has 1 aliphatic heterocycles. The minimum absolute atomic E-state index is 0. The van der Waals surface area contributed by atoms with E-state index in [1.165, 1.54) is 12.1 Å². The lowest BCUT2D eigenvalue weighted by Crippen LogP contribution is -2.28. The lowest BCUT2D eigenvalue weighted by atomic mass is 10.2. The second-order valence-corrected chi connectivity index (χ2v) is 3.76. The van der Waals surface area contributed by atoms with Crippen LogP contribution in [0.15, 0.2) is 24.3 Å². The molecule has 90 valence electrons. The average Bonchev–Trinajstić information content (AvgIpc) is 2.73. The summed E-state index contributed by atoms with van der Waals surface area (Å²) in [7, 11) is 0. The van der Waals surface area contributed by atoms with Crippen molar-refractivity contribution in [3.8, 4) is 11.4 Å². The molecule has 0 spiro atoms. The Morgan fingerprint density at radius 3 is 2.71 bits per heavy atom. The summed E-state index contributed by atoms with van der Waals surface area (Å²) in [5.41, 5.74) is 0.850. The predicted octanol–water partition coefficient (Wildman–Crippen LogP) is 1.61. The van der Waals surface area contributed by atoms with Crippen LogP contribution in [0.1, 0.15) is 5.82 Å². The minimum atomic E-state index is -0.241. The number of aromatic nitrogens is 3. The summed E-state index contributed by atoms with van der Waals surface area (Å²) in [4.78, 5) is 4.42. The molecule has 0 bridgehead atoms. The Bertz CT molecular complexity index is 485. The summed E-state index contributed by atoms with van der Waals surface area (Å²) in [6.45, 7) is 2.50. The molecular weight excluding hydrogens is 243 g/mol. The number of hydrogen-bond acceptors (Lipinski definition) is 3. The third-order valence-electron chi connectivity index (χ3n) is 2.63. The van der Waals surface area contributed by atoms with E-state index in [9.17, 15) is 4.39 Å². The molecule has 1 N–H and O–H groups in total. The highest BCUT2D eigenvalue weighted by molar-refractivity contribution is 5.85. The van der Waals surface area contributed by atoms with Gasteiger partial charge in [-0.05, 0) is 24.3 Å². The fourth-order valence-electron chi connectivity index (χ4n) is 1.79. The van der Waals surface area contributed by atoms with Crippen molar-refractivity contribution >= 4 is 12.4 Å². The Labute approximate surface area is 104 Å². The summed E-state index contributed by atoms with van der Waals surface area (Å²) >= 11 is 0. The maximum Gasteiger partial charge on any atom is 0.181 e. The molecule has 0 aliphatic carbocycles. The quantitative estimate of drug-likeness (QED) is 0.841. The van der Waals surface area contributed by atoms with Crippen LogP contribution in [0.4, 0.5) is 4.39 Å². The summed E-state index contributed by atoms with van der Waals surface area (Å²) in [6.07, 6.45) is 0. The van der Waals surface area contributed by atoms with Crippen LogP contribution in [0.3, 0.4) is 0 Å². The van der Waals surface area contributed by atoms with Gasteiger partial charge in [0.1, 0.15) is 11.6 Å². The third kappa shape index (κ3) is 2.30. The van der Waals surface area contributed by atoms with Crippen molar-refractivity contribution in [1.82, 2.24) is 20.1 Å². The fourth-order valence-corrected chi connectivity index (χ4v) is 1.79. The van der Waals surface area contributed by atoms with Crippen molar-refractivity contribution in [2.24, 2.45) is 0 Å². The number of hydrogen-bond donors (Lipinski definition) is 1. The number of nitrogens with one attached hydrogen (secondary N) is 1. The zero-order chi connectivity index (χ0) is 11.0. The molecule has 0 radical (unpaired) electrons. The van der Waals surface area contributed by atoms with E-state index in [0.29, 0.717) is 5.82 Å². The molecule has 1 aromatic heterocycles. The number of fused-ring (bicyclic) bond motifs is 1. The maximum absolute atomic E-state index is 12.8. The number of benzene rings is 1. The summed E-state index contributed by atoms with van der Waals surface area (Å²) < 4.78 is 14.7. The van der Waals surface area contributed by atoms with Crippen LogP contribution >= 0.6 is 12.4 Å². The Hall–Kier alpha value is -1.46. The maximum atomic E-state index is 12.8. The van der Waals surface area contributed by atoms with Crippen LogP contribution in [0.5, 0.6) is 0 Å². The van der Waals surface area contributed by atoms with E-state index in [1.807, 2.05) is 4.68 Å². The van der Waals surface area contributed by atoms with Gasteiger partial charge in [-0.3, -0.25) is 0 Å². The Kier molecular flexibility index (Phi) is 3.40. The van der Waals surface area contributed by atoms with Crippen molar-refractivity contribution in [2.75, 3.05) is 6.54 Å². The van der Waals surface area contributed by atoms with Gasteiger partial charge >= 0.3 is 0 Å². The lowest BCUT2D eigenvalue weighted by Gasteiger charge is -2.11. The topological polar surface area (TPSA) is 42.7 Å². The van der Waals surface area contributed by atoms with E-state index in [0.717, 1.165) is 31.0 Å². The zero-order valence-corrected chi connectivity index (χ0v) is 9.88. The number of rotatable bonds is 1. The number of halogens is 2. The average molecular weight is 255 g/mol. The second kappa shape index (κ2) is 4.81. The van der Waals surface area contributed by atoms with Gasteiger partial charge in [0.25, 0.3) is 0 Å². The van der Waals surface area contributed by atoms with Crippen molar-refractivity contribution in [2.45, 2.75) is 13.1 Å². The van der Waals surface area contributed by atoms with Crippen molar-refractivity contribution < 1.29 is 4.39 Å². The SMILES string of the molecule is Cl.Fc1ccc(-c2nc3n(n2)CCNC3)cc1. The van der Waals surface area contributed by atoms with Gasteiger partial charge in [-0.1, -0.05) is 0 Å². The van der Waals surface area contributed by atoms with Gasteiger partial charge in [0.2, 0.25) is 0 Å². The first-order valence-electron chi connectivity index (χ1n) is 5.23. The smallest absolute Gasteiger partial charge is 0.181 e. The fraction of sp³-hybridized carbons (Fsp3) is 0.273. The normalized spacial score (nSPS) is 13.9. The van der Waals surface area contributed by atoms with E-state index in [-0.39, 0.29) is 18.2 Å². The Morgan fingerprint density at radius 2 is 2.00 bits per heavy atom.